The molecule has 0 bridgehead atoms. The van der Waals surface area contributed by atoms with Crippen LogP contribution in [0, 0.1) is 0 Å². The van der Waals surface area contributed by atoms with Crippen LogP contribution < -0.4 is 5.01 Å². The van der Waals surface area contributed by atoms with Gasteiger partial charge in [-0.15, -0.1) is 11.3 Å². The Morgan fingerprint density at radius 2 is 2.05 bits per heavy atom. The maximum Gasteiger partial charge on any atom is 0.280 e. The number of anilines is 1. The highest BCUT2D eigenvalue weighted by Crippen LogP contribution is 2.31. The molecular weight excluding hydrogens is 327 g/mol. The fourth-order valence-corrected chi connectivity index (χ4v) is 2.94. The van der Waals surface area contributed by atoms with Gasteiger partial charge in [-0.05, 0) is 42.6 Å². The first kappa shape index (κ1) is 14.3. The van der Waals surface area contributed by atoms with Crippen LogP contribution in [0.1, 0.15) is 11.8 Å². The van der Waals surface area contributed by atoms with Gasteiger partial charge in [-0.2, -0.15) is 10.1 Å². The molecule has 0 saturated heterocycles. The highest BCUT2D eigenvalue weighted by molar-refractivity contribution is 7.10. The molecule has 2 aromatic rings. The molecule has 21 heavy (non-hydrogen) atoms. The molecule has 0 fully saturated rings. The number of amides is 1. The second-order valence-corrected chi connectivity index (χ2v) is 6.27. The third kappa shape index (κ3) is 2.75. The van der Waals surface area contributed by atoms with E-state index in [0.717, 1.165) is 4.88 Å². The maximum atomic E-state index is 12.5. The van der Waals surface area contributed by atoms with Crippen LogP contribution in [-0.2, 0) is 4.79 Å². The van der Waals surface area contributed by atoms with Gasteiger partial charge in [0.15, 0.2) is 0 Å². The van der Waals surface area contributed by atoms with Gasteiger partial charge in [-0.1, -0.05) is 29.3 Å². The van der Waals surface area contributed by atoms with E-state index in [2.05, 4.69) is 5.10 Å². The maximum absolute atomic E-state index is 12.5. The van der Waals surface area contributed by atoms with Crippen molar-refractivity contribution in [3.05, 3.63) is 56.2 Å². The number of hydrogen-bond acceptors (Lipinski definition) is 3. The summed E-state index contributed by atoms with van der Waals surface area (Å²) in [6, 6.07) is 8.90. The topological polar surface area (TPSA) is 32.7 Å². The number of rotatable bonds is 2. The highest BCUT2D eigenvalue weighted by Gasteiger charge is 2.29. The zero-order valence-electron chi connectivity index (χ0n) is 11.0. The van der Waals surface area contributed by atoms with Crippen LogP contribution in [-0.4, -0.2) is 11.6 Å². The van der Waals surface area contributed by atoms with Gasteiger partial charge in [0.1, 0.15) is 0 Å². The molecule has 6 heteroatoms. The minimum atomic E-state index is -0.167. The quantitative estimate of drug-likeness (QED) is 0.720. The van der Waals surface area contributed by atoms with E-state index in [9.17, 15) is 4.79 Å². The Hall–Kier alpha value is -1.62. The Morgan fingerprint density at radius 1 is 1.24 bits per heavy atom. The summed E-state index contributed by atoms with van der Waals surface area (Å²) in [7, 11) is 0. The van der Waals surface area contributed by atoms with Crippen LogP contribution in [0.4, 0.5) is 5.69 Å². The summed E-state index contributed by atoms with van der Waals surface area (Å²) in [5, 5.41) is 8.46. The molecule has 1 aliphatic heterocycles. The average Bonchev–Trinajstić information content (AvgIpc) is 3.06. The van der Waals surface area contributed by atoms with Gasteiger partial charge < -0.3 is 0 Å². The summed E-state index contributed by atoms with van der Waals surface area (Å²) >= 11 is 13.5. The molecule has 0 atom stereocenters. The molecule has 0 radical (unpaired) electrons. The third-order valence-electron chi connectivity index (χ3n) is 3.04. The zero-order chi connectivity index (χ0) is 15.0. The number of carbonyl (C=O) groups is 1. The molecule has 0 unspecified atom stereocenters. The Balaban J connectivity index is 1.97. The minimum absolute atomic E-state index is 0.167. The first-order valence-electron chi connectivity index (χ1n) is 6.16. The molecule has 0 saturated carbocycles. The van der Waals surface area contributed by atoms with Gasteiger partial charge in [-0.25, -0.2) is 0 Å². The summed E-state index contributed by atoms with van der Waals surface area (Å²) in [4.78, 5) is 13.5. The summed E-state index contributed by atoms with van der Waals surface area (Å²) in [5.41, 5.74) is 1.87. The molecule has 0 spiro atoms. The Kier molecular flexibility index (Phi) is 3.85. The lowest BCUT2D eigenvalue weighted by atomic mass is 10.1. The second-order valence-electron chi connectivity index (χ2n) is 4.47. The number of thiophene rings is 1. The Bertz CT molecular complexity index is 766. The lowest BCUT2D eigenvalue weighted by Crippen LogP contribution is -2.21. The van der Waals surface area contributed by atoms with Gasteiger partial charge in [0.25, 0.3) is 5.91 Å². The summed E-state index contributed by atoms with van der Waals surface area (Å²) < 4.78 is 0. The largest absolute Gasteiger partial charge is 0.280 e. The van der Waals surface area contributed by atoms with Crippen LogP contribution in [0.25, 0.3) is 6.08 Å². The van der Waals surface area contributed by atoms with Crippen molar-refractivity contribution in [1.29, 1.82) is 0 Å². The first-order valence-corrected chi connectivity index (χ1v) is 7.80. The third-order valence-corrected chi connectivity index (χ3v) is 4.60. The lowest BCUT2D eigenvalue weighted by molar-refractivity contribution is -0.114. The van der Waals surface area contributed by atoms with E-state index >= 15 is 0 Å². The predicted octanol–water partition coefficient (Wildman–Crippen LogP) is 4.86. The normalized spacial score (nSPS) is 16.7. The van der Waals surface area contributed by atoms with E-state index < -0.39 is 0 Å². The summed E-state index contributed by atoms with van der Waals surface area (Å²) in [5.74, 6) is -0.167. The SMILES string of the molecule is CC1=NN(c2ccc(Cl)c(Cl)c2)C(=O)C1=Cc1cccs1. The Labute approximate surface area is 136 Å². The van der Waals surface area contributed by atoms with Crippen LogP contribution in [0.3, 0.4) is 0 Å². The summed E-state index contributed by atoms with van der Waals surface area (Å²) in [6.45, 7) is 1.81. The number of hydrazone groups is 1. The smallest absolute Gasteiger partial charge is 0.267 e. The molecule has 1 amide bonds. The number of benzene rings is 1. The standard InChI is InChI=1S/C15H10Cl2N2OS/c1-9-12(8-11-3-2-6-21-11)15(20)19(18-9)10-4-5-13(16)14(17)7-10/h2-8H,1H3. The van der Waals surface area contributed by atoms with Crippen molar-refractivity contribution in [3.8, 4) is 0 Å². The molecule has 1 aromatic carbocycles. The van der Waals surface area contributed by atoms with Crippen molar-refractivity contribution in [2.75, 3.05) is 5.01 Å². The van der Waals surface area contributed by atoms with E-state index in [1.165, 1.54) is 5.01 Å². The van der Waals surface area contributed by atoms with Crippen molar-refractivity contribution in [2.45, 2.75) is 6.92 Å². The van der Waals surface area contributed by atoms with Crippen LogP contribution >= 0.6 is 34.5 Å². The average molecular weight is 337 g/mol. The fraction of sp³-hybridized carbons (Fsp3) is 0.0667. The van der Waals surface area contributed by atoms with Crippen molar-refractivity contribution < 1.29 is 4.79 Å². The number of nitrogens with zero attached hydrogens (tertiary/aromatic N) is 2. The zero-order valence-corrected chi connectivity index (χ0v) is 13.3. The summed E-state index contributed by atoms with van der Waals surface area (Å²) in [6.07, 6.45) is 1.85. The second kappa shape index (κ2) is 5.64. The molecule has 3 nitrogen and oxygen atoms in total. The van der Waals surface area contributed by atoms with E-state index in [-0.39, 0.29) is 5.91 Å². The first-order chi connectivity index (χ1) is 10.1. The van der Waals surface area contributed by atoms with Crippen LogP contribution in [0.2, 0.25) is 10.0 Å². The molecular formula is C15H10Cl2N2OS. The van der Waals surface area contributed by atoms with E-state index in [4.69, 9.17) is 23.2 Å². The lowest BCUT2D eigenvalue weighted by Gasteiger charge is -2.12. The van der Waals surface area contributed by atoms with Crippen molar-refractivity contribution >= 4 is 57.9 Å². The molecule has 0 N–H and O–H groups in total. The van der Waals surface area contributed by atoms with Gasteiger partial charge >= 0.3 is 0 Å². The molecule has 0 aliphatic carbocycles. The van der Waals surface area contributed by atoms with Crippen molar-refractivity contribution in [1.82, 2.24) is 0 Å². The molecule has 106 valence electrons. The van der Waals surface area contributed by atoms with E-state index in [0.29, 0.717) is 27.0 Å². The van der Waals surface area contributed by atoms with Crippen molar-refractivity contribution in [2.24, 2.45) is 5.10 Å². The van der Waals surface area contributed by atoms with E-state index in [1.54, 1.807) is 29.5 Å². The number of hydrogen-bond donors (Lipinski definition) is 0. The Morgan fingerprint density at radius 3 is 2.71 bits per heavy atom. The molecule has 1 aliphatic rings. The minimum Gasteiger partial charge on any atom is -0.267 e. The van der Waals surface area contributed by atoms with Crippen molar-refractivity contribution in [3.63, 3.8) is 0 Å². The van der Waals surface area contributed by atoms with Gasteiger partial charge in [0, 0.05) is 4.88 Å². The monoisotopic (exact) mass is 336 g/mol. The predicted molar refractivity (Wildman–Crippen MR) is 89.4 cm³/mol. The van der Waals surface area contributed by atoms with E-state index in [1.807, 2.05) is 30.5 Å². The number of halogens is 2. The van der Waals surface area contributed by atoms with Crippen LogP contribution in [0.5, 0.6) is 0 Å². The highest BCUT2D eigenvalue weighted by atomic mass is 35.5. The molecule has 1 aromatic heterocycles. The molecule has 3 rings (SSSR count). The van der Waals surface area contributed by atoms with Gasteiger partial charge in [0.05, 0.1) is 27.0 Å². The molecule has 2 heterocycles. The van der Waals surface area contributed by atoms with Gasteiger partial charge in [0.2, 0.25) is 0 Å². The van der Waals surface area contributed by atoms with Crippen LogP contribution in [0.15, 0.2) is 46.4 Å². The fourth-order valence-electron chi connectivity index (χ4n) is 1.99. The van der Waals surface area contributed by atoms with Gasteiger partial charge in [-0.3, -0.25) is 4.79 Å². The number of carbonyl (C=O) groups excluding carboxylic acids is 1.